The third kappa shape index (κ3) is 3.99. The average Bonchev–Trinajstić information content (AvgIpc) is 3.08. The van der Waals surface area contributed by atoms with E-state index >= 15 is 0 Å². The second-order valence-electron chi connectivity index (χ2n) is 5.64. The van der Waals surface area contributed by atoms with E-state index in [0.29, 0.717) is 22.8 Å². The van der Waals surface area contributed by atoms with Crippen molar-refractivity contribution < 1.29 is 19.3 Å². The molecule has 2 aromatic carbocycles. The number of rotatable bonds is 7. The summed E-state index contributed by atoms with van der Waals surface area (Å²) in [5.41, 5.74) is 1.49. The molecule has 9 heteroatoms. The lowest BCUT2D eigenvalue weighted by Crippen LogP contribution is -1.97. The highest BCUT2D eigenvalue weighted by molar-refractivity contribution is 7.71. The number of hydrogen-bond donors (Lipinski definition) is 2. The van der Waals surface area contributed by atoms with E-state index in [9.17, 15) is 5.11 Å². The van der Waals surface area contributed by atoms with Crippen molar-refractivity contribution in [3.63, 3.8) is 0 Å². The van der Waals surface area contributed by atoms with Gasteiger partial charge < -0.3 is 19.3 Å². The maximum Gasteiger partial charge on any atom is 0.216 e. The van der Waals surface area contributed by atoms with Crippen molar-refractivity contribution in [2.45, 2.75) is 6.92 Å². The van der Waals surface area contributed by atoms with Gasteiger partial charge in [0.2, 0.25) is 10.5 Å². The first kappa shape index (κ1) is 19.4. The average molecular weight is 400 g/mol. The van der Waals surface area contributed by atoms with E-state index in [2.05, 4.69) is 15.3 Å². The number of H-pyrrole nitrogens is 1. The molecule has 0 atom stereocenters. The molecule has 0 aliphatic rings. The molecule has 8 nitrogen and oxygen atoms in total. The molecular formula is C19H20N4O4S. The molecule has 146 valence electrons. The fourth-order valence-electron chi connectivity index (χ4n) is 2.57. The zero-order chi connectivity index (χ0) is 20.1. The van der Waals surface area contributed by atoms with Crippen LogP contribution in [0.3, 0.4) is 0 Å². The van der Waals surface area contributed by atoms with Crippen molar-refractivity contribution in [1.29, 1.82) is 0 Å². The van der Waals surface area contributed by atoms with Gasteiger partial charge in [-0.25, -0.2) is 5.10 Å². The number of aromatic hydroxyl groups is 1. The molecule has 0 amide bonds. The van der Waals surface area contributed by atoms with Crippen molar-refractivity contribution in [3.8, 4) is 34.4 Å². The number of aromatic amines is 1. The minimum atomic E-state index is -0.0721. The van der Waals surface area contributed by atoms with Gasteiger partial charge in [-0.3, -0.25) is 0 Å². The van der Waals surface area contributed by atoms with Crippen molar-refractivity contribution in [1.82, 2.24) is 14.9 Å². The zero-order valence-electron chi connectivity index (χ0n) is 15.7. The van der Waals surface area contributed by atoms with E-state index in [-0.39, 0.29) is 17.2 Å². The van der Waals surface area contributed by atoms with Gasteiger partial charge in [0.25, 0.3) is 0 Å². The lowest BCUT2D eigenvalue weighted by atomic mass is 10.2. The normalized spacial score (nSPS) is 11.0. The number of methoxy groups -OCH3 is 2. The maximum absolute atomic E-state index is 10.0. The predicted molar refractivity (Wildman–Crippen MR) is 108 cm³/mol. The molecular weight excluding hydrogens is 380 g/mol. The van der Waals surface area contributed by atoms with Gasteiger partial charge in [-0.2, -0.15) is 14.9 Å². The van der Waals surface area contributed by atoms with E-state index in [0.717, 1.165) is 11.3 Å². The van der Waals surface area contributed by atoms with Gasteiger partial charge in [-0.1, -0.05) is 0 Å². The molecule has 1 heterocycles. The lowest BCUT2D eigenvalue weighted by molar-refractivity contribution is 0.340. The largest absolute Gasteiger partial charge is 0.502 e. The van der Waals surface area contributed by atoms with Crippen LogP contribution in [0.25, 0.3) is 11.4 Å². The molecule has 0 spiro atoms. The van der Waals surface area contributed by atoms with Crippen LogP contribution >= 0.6 is 12.2 Å². The number of hydrogen-bond acceptors (Lipinski definition) is 7. The second kappa shape index (κ2) is 8.57. The maximum atomic E-state index is 10.0. The Hall–Kier alpha value is -3.33. The molecule has 0 fully saturated rings. The number of phenolic OH excluding ortho intramolecular Hbond substituents is 1. The van der Waals surface area contributed by atoms with E-state index < -0.39 is 0 Å². The number of aromatic nitrogens is 3. The van der Waals surface area contributed by atoms with Crippen molar-refractivity contribution >= 4 is 18.4 Å². The lowest BCUT2D eigenvalue weighted by Gasteiger charge is -2.09. The molecule has 1 aromatic heterocycles. The quantitative estimate of drug-likeness (QED) is 0.465. The highest BCUT2D eigenvalue weighted by atomic mass is 32.1. The zero-order valence-corrected chi connectivity index (χ0v) is 16.5. The Morgan fingerprint density at radius 2 is 1.82 bits per heavy atom. The Kier molecular flexibility index (Phi) is 5.95. The second-order valence-corrected chi connectivity index (χ2v) is 6.03. The van der Waals surface area contributed by atoms with Gasteiger partial charge in [0, 0.05) is 11.1 Å². The third-order valence-corrected chi connectivity index (χ3v) is 4.16. The first-order valence-corrected chi connectivity index (χ1v) is 8.88. The molecule has 0 bridgehead atoms. The van der Waals surface area contributed by atoms with Crippen LogP contribution in [-0.2, 0) is 0 Å². The van der Waals surface area contributed by atoms with E-state index in [4.69, 9.17) is 26.4 Å². The van der Waals surface area contributed by atoms with E-state index in [1.54, 1.807) is 18.3 Å². The Morgan fingerprint density at radius 1 is 1.18 bits per heavy atom. The van der Waals surface area contributed by atoms with Crippen molar-refractivity contribution in [2.75, 3.05) is 20.8 Å². The van der Waals surface area contributed by atoms with Crippen molar-refractivity contribution in [3.05, 3.63) is 46.7 Å². The highest BCUT2D eigenvalue weighted by Crippen LogP contribution is 2.36. The van der Waals surface area contributed by atoms with Crippen LogP contribution in [-0.4, -0.2) is 47.0 Å². The summed E-state index contributed by atoms with van der Waals surface area (Å²) in [5.74, 6) is 1.82. The van der Waals surface area contributed by atoms with Crippen LogP contribution in [0.4, 0.5) is 0 Å². The first-order chi connectivity index (χ1) is 13.6. The molecule has 2 N–H and O–H groups in total. The highest BCUT2D eigenvalue weighted by Gasteiger charge is 2.11. The van der Waals surface area contributed by atoms with Crippen LogP contribution in [0.2, 0.25) is 0 Å². The molecule has 0 aliphatic heterocycles. The minimum absolute atomic E-state index is 0.0721. The summed E-state index contributed by atoms with van der Waals surface area (Å²) in [6.45, 7) is 2.53. The summed E-state index contributed by atoms with van der Waals surface area (Å²) in [6, 6.07) is 10.8. The smallest absolute Gasteiger partial charge is 0.216 e. The number of nitrogens with zero attached hydrogens (tertiary/aromatic N) is 3. The van der Waals surface area contributed by atoms with Gasteiger partial charge in [-0.15, -0.1) is 0 Å². The Balaban J connectivity index is 1.96. The van der Waals surface area contributed by atoms with Gasteiger partial charge in [0.05, 0.1) is 27.0 Å². The van der Waals surface area contributed by atoms with Crippen LogP contribution < -0.4 is 14.2 Å². The summed E-state index contributed by atoms with van der Waals surface area (Å²) in [6.07, 6.45) is 1.58. The van der Waals surface area contributed by atoms with Crippen LogP contribution in [0.15, 0.2) is 41.5 Å². The van der Waals surface area contributed by atoms with Crippen LogP contribution in [0.1, 0.15) is 12.5 Å². The van der Waals surface area contributed by atoms with Crippen LogP contribution in [0.5, 0.6) is 23.0 Å². The monoisotopic (exact) mass is 400 g/mol. The van der Waals surface area contributed by atoms with Gasteiger partial charge in [0.15, 0.2) is 17.3 Å². The SMILES string of the molecule is CCOc1ccc(-c2n[nH]c(=S)n2N=Cc2cc(OC)c(O)c(OC)c2)cc1. The molecule has 0 radical (unpaired) electrons. The Morgan fingerprint density at radius 3 is 2.39 bits per heavy atom. The molecule has 0 saturated carbocycles. The summed E-state index contributed by atoms with van der Waals surface area (Å²) in [4.78, 5) is 0. The molecule has 28 heavy (non-hydrogen) atoms. The summed E-state index contributed by atoms with van der Waals surface area (Å²) in [5, 5.41) is 21.4. The van der Waals surface area contributed by atoms with Gasteiger partial charge >= 0.3 is 0 Å². The number of phenols is 1. The van der Waals surface area contributed by atoms with Crippen LogP contribution in [0, 0.1) is 4.77 Å². The molecule has 3 rings (SSSR count). The predicted octanol–water partition coefficient (Wildman–Crippen LogP) is 3.61. The molecule has 3 aromatic rings. The summed E-state index contributed by atoms with van der Waals surface area (Å²) in [7, 11) is 2.93. The number of ether oxygens (including phenoxy) is 3. The van der Waals surface area contributed by atoms with E-state index in [1.807, 2.05) is 31.2 Å². The first-order valence-electron chi connectivity index (χ1n) is 8.47. The fourth-order valence-corrected chi connectivity index (χ4v) is 2.74. The number of nitrogens with one attached hydrogen (secondary N) is 1. The van der Waals surface area contributed by atoms with Gasteiger partial charge in [-0.05, 0) is 55.5 Å². The summed E-state index contributed by atoms with van der Waals surface area (Å²) < 4.78 is 17.6. The molecule has 0 saturated heterocycles. The standard InChI is InChI=1S/C19H20N4O4S/c1-4-27-14-7-5-13(6-8-14)18-21-22-19(28)23(18)20-11-12-9-15(25-2)17(24)16(10-12)26-3/h5-11,24H,4H2,1-3H3,(H,22,28). The minimum Gasteiger partial charge on any atom is -0.502 e. The topological polar surface area (TPSA) is 93.9 Å². The van der Waals surface area contributed by atoms with Crippen molar-refractivity contribution in [2.24, 2.45) is 5.10 Å². The Bertz CT molecular complexity index is 1020. The Labute approximate surface area is 167 Å². The van der Waals surface area contributed by atoms with E-state index in [1.165, 1.54) is 18.9 Å². The summed E-state index contributed by atoms with van der Waals surface area (Å²) >= 11 is 5.29. The molecule has 0 aliphatic carbocycles. The molecule has 0 unspecified atom stereocenters. The third-order valence-electron chi connectivity index (χ3n) is 3.90. The fraction of sp³-hybridized carbons (Fsp3) is 0.211. The number of benzene rings is 2. The van der Waals surface area contributed by atoms with Gasteiger partial charge in [0.1, 0.15) is 5.75 Å².